The number of halogens is 2. The predicted molar refractivity (Wildman–Crippen MR) is 238 cm³/mol. The average molecular weight is 879 g/mol. The number of nitriles is 1. The van der Waals surface area contributed by atoms with Gasteiger partial charge in [0.05, 0.1) is 41.8 Å². The highest BCUT2D eigenvalue weighted by Crippen LogP contribution is 2.44. The predicted octanol–water partition coefficient (Wildman–Crippen LogP) is 6.35. The number of carbonyl (C=O) groups excluding carboxylic acids is 2. The zero-order valence-corrected chi connectivity index (χ0v) is 35.8. The Balaban J connectivity index is 0.723. The van der Waals surface area contributed by atoms with Gasteiger partial charge in [-0.3, -0.25) is 29.5 Å². The molecule has 1 aromatic carbocycles. The minimum absolute atomic E-state index is 0.0538. The quantitative estimate of drug-likeness (QED) is 0.163. The number of carbonyl (C=O) groups is 2. The Bertz CT molecular complexity index is 2810. The first-order valence-electron chi connectivity index (χ1n) is 22.6. The molecule has 4 aliphatic heterocycles. The molecule has 1 aliphatic carbocycles. The summed E-state index contributed by atoms with van der Waals surface area (Å²) in [5, 5.41) is 24.6. The van der Waals surface area contributed by atoms with Gasteiger partial charge in [0.25, 0.3) is 0 Å². The van der Waals surface area contributed by atoms with E-state index in [1.54, 1.807) is 15.6 Å². The summed E-state index contributed by atoms with van der Waals surface area (Å²) in [5.74, 6) is -1.31. The van der Waals surface area contributed by atoms with Crippen LogP contribution in [0, 0.1) is 23.0 Å². The molecule has 17 heteroatoms. The molecule has 9 heterocycles. The Kier molecular flexibility index (Phi) is 10.5. The molecule has 3 saturated heterocycles. The van der Waals surface area contributed by atoms with Crippen molar-refractivity contribution in [3.05, 3.63) is 108 Å². The smallest absolute Gasteiger partial charge is 0.249 e. The van der Waals surface area contributed by atoms with Gasteiger partial charge < -0.3 is 19.9 Å². The van der Waals surface area contributed by atoms with Crippen molar-refractivity contribution in [2.75, 3.05) is 54.4 Å². The number of nitrogens with zero attached hydrogens (tertiary/aromatic N) is 10. The van der Waals surface area contributed by atoms with Crippen molar-refractivity contribution in [2.45, 2.75) is 81.7 Å². The van der Waals surface area contributed by atoms with E-state index in [2.05, 4.69) is 71.7 Å². The second kappa shape index (κ2) is 16.7. The van der Waals surface area contributed by atoms with Gasteiger partial charge in [-0.2, -0.15) is 15.5 Å². The minimum atomic E-state index is -0.727. The number of ether oxygens (including phenoxy) is 1. The normalized spacial score (nSPS) is 22.3. The first-order chi connectivity index (χ1) is 31.7. The number of piperazine rings is 1. The molecule has 11 rings (SSSR count). The molecule has 1 unspecified atom stereocenters. The fourth-order valence-electron chi connectivity index (χ4n) is 10.7. The zero-order chi connectivity index (χ0) is 44.2. The molecule has 5 aliphatic rings. The molecule has 65 heavy (non-hydrogen) atoms. The lowest BCUT2D eigenvalue weighted by atomic mass is 9.87. The van der Waals surface area contributed by atoms with Crippen molar-refractivity contribution in [3.8, 4) is 28.3 Å². The van der Waals surface area contributed by atoms with Gasteiger partial charge in [0.1, 0.15) is 29.2 Å². The fourth-order valence-corrected chi connectivity index (χ4v) is 10.7. The van der Waals surface area contributed by atoms with Crippen LogP contribution in [0.2, 0.25) is 0 Å². The van der Waals surface area contributed by atoms with Gasteiger partial charge in [-0.15, -0.1) is 0 Å². The van der Waals surface area contributed by atoms with Crippen molar-refractivity contribution in [2.24, 2.45) is 0 Å². The summed E-state index contributed by atoms with van der Waals surface area (Å²) in [6, 6.07) is 15.0. The van der Waals surface area contributed by atoms with Gasteiger partial charge in [0.15, 0.2) is 11.6 Å². The molecule has 332 valence electrons. The molecule has 5 aromatic heterocycles. The lowest BCUT2D eigenvalue weighted by molar-refractivity contribution is -0.133. The van der Waals surface area contributed by atoms with E-state index in [1.807, 2.05) is 30.9 Å². The van der Waals surface area contributed by atoms with E-state index in [4.69, 9.17) is 14.8 Å². The van der Waals surface area contributed by atoms with E-state index in [0.29, 0.717) is 44.4 Å². The number of rotatable bonds is 8. The Morgan fingerprint density at radius 1 is 0.815 bits per heavy atom. The Morgan fingerprint density at radius 2 is 1.60 bits per heavy atom. The summed E-state index contributed by atoms with van der Waals surface area (Å²) in [4.78, 5) is 39.8. The third-order valence-electron chi connectivity index (χ3n) is 14.2. The van der Waals surface area contributed by atoms with Crippen molar-refractivity contribution < 1.29 is 23.1 Å². The monoisotopic (exact) mass is 878 g/mol. The topological polar surface area (TPSA) is 162 Å². The van der Waals surface area contributed by atoms with Gasteiger partial charge in [-0.05, 0) is 81.3 Å². The summed E-state index contributed by atoms with van der Waals surface area (Å²) >= 11 is 0. The summed E-state index contributed by atoms with van der Waals surface area (Å²) in [7, 11) is 0. The standard InChI is InChI=1S/C48H48F2N12O3/c49-39-21-35(56-41-8-10-43(63)57-47(41)64)22-40(50)45(39)60-18-16-58(17-19-60)36-4-6-37(7-5-36)61-28-34(26-54-61)32-20-38(44-33(23-51)25-55-62(44)27-32)30-3-9-42(53-24-30)59-14-11-48(12-15-59)46-31(29-65-48)2-1-13-52-46/h1-3,9,13,20-22,24-28,36-37,41,56H,4-8,10-12,14-19,29H2,(H,57,63,64). The first-order valence-corrected chi connectivity index (χ1v) is 22.6. The van der Waals surface area contributed by atoms with Crippen molar-refractivity contribution >= 4 is 34.5 Å². The molecule has 15 nitrogen and oxygen atoms in total. The van der Waals surface area contributed by atoms with Crippen LogP contribution in [-0.4, -0.2) is 97.4 Å². The number of hydrogen-bond acceptors (Lipinski definition) is 12. The third-order valence-corrected chi connectivity index (χ3v) is 14.2. The van der Waals surface area contributed by atoms with E-state index in [0.717, 1.165) is 90.9 Å². The van der Waals surface area contributed by atoms with E-state index in [9.17, 15) is 14.9 Å². The molecule has 1 atom stereocenters. The molecular weight excluding hydrogens is 831 g/mol. The largest absolute Gasteiger partial charge is 0.373 e. The maximum absolute atomic E-state index is 15.4. The average Bonchev–Trinajstić information content (AvgIpc) is 4.09. The van der Waals surface area contributed by atoms with Crippen LogP contribution in [0.3, 0.4) is 0 Å². The SMILES string of the molecule is N#Cc1cnn2cc(-c3cnn(C4CCC(N5CCN(c6c(F)cc(NC7CCC(=O)NC7=O)cc6F)CC5)CC4)c3)cc(-c3ccc(N4CCC5(CC4)OCc4cccnc45)nc3)c12. The first kappa shape index (κ1) is 41.0. The molecular formula is C48H48F2N12O3. The second-order valence-corrected chi connectivity index (χ2v) is 17.9. The van der Waals surface area contributed by atoms with Crippen LogP contribution in [0.1, 0.15) is 74.2 Å². The van der Waals surface area contributed by atoms with E-state index < -0.39 is 23.6 Å². The molecule has 1 saturated carbocycles. The van der Waals surface area contributed by atoms with Crippen molar-refractivity contribution in [1.82, 2.24) is 39.6 Å². The highest BCUT2D eigenvalue weighted by Gasteiger charge is 2.44. The lowest BCUT2D eigenvalue weighted by Crippen LogP contribution is -2.51. The number of benzene rings is 1. The third kappa shape index (κ3) is 7.63. The Labute approximate surface area is 374 Å². The zero-order valence-electron chi connectivity index (χ0n) is 35.8. The second-order valence-electron chi connectivity index (χ2n) is 17.9. The van der Waals surface area contributed by atoms with Crippen LogP contribution >= 0.6 is 0 Å². The van der Waals surface area contributed by atoms with E-state index >= 15 is 8.78 Å². The molecule has 4 fully saturated rings. The van der Waals surface area contributed by atoms with Crippen molar-refractivity contribution in [3.63, 3.8) is 0 Å². The minimum Gasteiger partial charge on any atom is -0.373 e. The highest BCUT2D eigenvalue weighted by molar-refractivity contribution is 6.01. The summed E-state index contributed by atoms with van der Waals surface area (Å²) in [6.45, 7) is 4.62. The van der Waals surface area contributed by atoms with E-state index in [-0.39, 0.29) is 41.8 Å². The summed E-state index contributed by atoms with van der Waals surface area (Å²) in [5.41, 5.74) is 6.91. The van der Waals surface area contributed by atoms with Crippen LogP contribution in [-0.2, 0) is 26.5 Å². The number of aromatic nitrogens is 6. The maximum Gasteiger partial charge on any atom is 0.249 e. The Hall–Kier alpha value is -6.77. The fraction of sp³-hybridized carbons (Fsp3) is 0.396. The van der Waals surface area contributed by atoms with Gasteiger partial charge in [0.2, 0.25) is 11.8 Å². The number of fused-ring (bicyclic) bond motifs is 3. The number of anilines is 3. The number of hydrogen-bond donors (Lipinski definition) is 2. The van der Waals surface area contributed by atoms with Crippen molar-refractivity contribution in [1.29, 1.82) is 5.26 Å². The van der Waals surface area contributed by atoms with E-state index in [1.165, 1.54) is 17.7 Å². The van der Waals surface area contributed by atoms with Crippen LogP contribution in [0.4, 0.5) is 26.0 Å². The molecule has 2 N–H and O–H groups in total. The van der Waals surface area contributed by atoms with Gasteiger partial charge in [-0.25, -0.2) is 18.3 Å². The molecule has 6 aromatic rings. The number of piperidine rings is 2. The molecule has 0 bridgehead atoms. The summed E-state index contributed by atoms with van der Waals surface area (Å²) < 4.78 is 40.9. The van der Waals surface area contributed by atoms with Crippen LogP contribution in [0.5, 0.6) is 0 Å². The Morgan fingerprint density at radius 3 is 2.34 bits per heavy atom. The van der Waals surface area contributed by atoms with Crippen LogP contribution < -0.4 is 20.4 Å². The maximum atomic E-state index is 15.4. The molecule has 1 spiro atoms. The number of amides is 2. The van der Waals surface area contributed by atoms with Gasteiger partial charge in [0, 0.05) is 110 Å². The van der Waals surface area contributed by atoms with Gasteiger partial charge in [-0.1, -0.05) is 6.07 Å². The number of nitrogens with one attached hydrogen (secondary N) is 2. The summed E-state index contributed by atoms with van der Waals surface area (Å²) in [6.07, 6.45) is 17.3. The number of pyridine rings is 3. The number of imide groups is 1. The van der Waals surface area contributed by atoms with Crippen LogP contribution in [0.25, 0.3) is 27.8 Å². The molecule has 0 radical (unpaired) electrons. The van der Waals surface area contributed by atoms with Crippen LogP contribution in [0.15, 0.2) is 79.6 Å². The molecule has 2 amide bonds. The lowest BCUT2D eigenvalue weighted by Gasteiger charge is -2.42. The highest BCUT2D eigenvalue weighted by atomic mass is 19.1. The van der Waals surface area contributed by atoms with Gasteiger partial charge >= 0.3 is 0 Å².